The van der Waals surface area contributed by atoms with Crippen LogP contribution in [0, 0.1) is 0 Å². The molecule has 0 spiro atoms. The van der Waals surface area contributed by atoms with Crippen LogP contribution in [0.15, 0.2) is 18.2 Å². The second-order valence-electron chi connectivity index (χ2n) is 3.64. The summed E-state index contributed by atoms with van der Waals surface area (Å²) in [6.07, 6.45) is 1.25. The van der Waals surface area contributed by atoms with E-state index in [-0.39, 0.29) is 12.0 Å². The van der Waals surface area contributed by atoms with Gasteiger partial charge in [-0.15, -0.1) is 0 Å². The van der Waals surface area contributed by atoms with Gasteiger partial charge in [-0.3, -0.25) is 4.79 Å². The van der Waals surface area contributed by atoms with Crippen LogP contribution in [0.1, 0.15) is 19.8 Å². The molecule has 4 heteroatoms. The van der Waals surface area contributed by atoms with Crippen LogP contribution in [-0.4, -0.2) is 12.0 Å². The van der Waals surface area contributed by atoms with Crippen molar-refractivity contribution in [1.29, 1.82) is 0 Å². The number of fused-ring (bicyclic) bond motifs is 1. The molecule has 0 bridgehead atoms. The molecule has 15 heavy (non-hydrogen) atoms. The van der Waals surface area contributed by atoms with E-state index in [4.69, 9.17) is 10.5 Å². The average Bonchev–Trinajstić information content (AvgIpc) is 2.20. The molecule has 0 aliphatic carbocycles. The maximum absolute atomic E-state index is 11.6. The van der Waals surface area contributed by atoms with Crippen molar-refractivity contribution in [1.82, 2.24) is 0 Å². The van der Waals surface area contributed by atoms with Gasteiger partial charge in [-0.1, -0.05) is 13.3 Å². The summed E-state index contributed by atoms with van der Waals surface area (Å²) in [7, 11) is 0. The molecule has 1 aromatic carbocycles. The summed E-state index contributed by atoms with van der Waals surface area (Å²) in [6.45, 7) is 2.02. The molecule has 1 aliphatic rings. The minimum atomic E-state index is -0.385. The molecule has 1 aromatic rings. The lowest BCUT2D eigenvalue weighted by atomic mass is 10.1. The highest BCUT2D eigenvalue weighted by Crippen LogP contribution is 2.32. The molecule has 1 aliphatic heterocycles. The highest BCUT2D eigenvalue weighted by atomic mass is 16.5. The van der Waals surface area contributed by atoms with E-state index in [0.29, 0.717) is 17.1 Å². The number of amides is 1. The zero-order valence-electron chi connectivity index (χ0n) is 8.62. The molecule has 0 saturated heterocycles. The highest BCUT2D eigenvalue weighted by Gasteiger charge is 2.26. The van der Waals surface area contributed by atoms with Crippen molar-refractivity contribution >= 4 is 17.3 Å². The zero-order chi connectivity index (χ0) is 10.8. The number of nitrogens with two attached hydrogens (primary N) is 1. The Hall–Kier alpha value is -1.71. The topological polar surface area (TPSA) is 64.3 Å². The molecule has 0 saturated carbocycles. The van der Waals surface area contributed by atoms with E-state index in [1.54, 1.807) is 18.2 Å². The van der Waals surface area contributed by atoms with Gasteiger partial charge in [-0.2, -0.15) is 0 Å². The predicted molar refractivity (Wildman–Crippen MR) is 58.8 cm³/mol. The quantitative estimate of drug-likeness (QED) is 0.725. The first-order valence-corrected chi connectivity index (χ1v) is 5.07. The van der Waals surface area contributed by atoms with Gasteiger partial charge in [-0.05, 0) is 18.6 Å². The number of hydrogen-bond donors (Lipinski definition) is 2. The lowest BCUT2D eigenvalue weighted by Crippen LogP contribution is -2.36. The average molecular weight is 206 g/mol. The van der Waals surface area contributed by atoms with Crippen LogP contribution in [0.3, 0.4) is 0 Å². The Labute approximate surface area is 88.4 Å². The Bertz CT molecular complexity index is 390. The second kappa shape index (κ2) is 3.81. The van der Waals surface area contributed by atoms with Gasteiger partial charge in [-0.25, -0.2) is 0 Å². The molecule has 1 heterocycles. The number of benzene rings is 1. The van der Waals surface area contributed by atoms with Crippen LogP contribution in [0.5, 0.6) is 5.75 Å². The van der Waals surface area contributed by atoms with Crippen LogP contribution >= 0.6 is 0 Å². The molecule has 0 fully saturated rings. The Morgan fingerprint density at radius 1 is 1.53 bits per heavy atom. The van der Waals surface area contributed by atoms with Crippen molar-refractivity contribution in [2.75, 3.05) is 11.1 Å². The van der Waals surface area contributed by atoms with Crippen molar-refractivity contribution in [3.63, 3.8) is 0 Å². The molecule has 3 N–H and O–H groups in total. The highest BCUT2D eigenvalue weighted by molar-refractivity contribution is 5.98. The van der Waals surface area contributed by atoms with Crippen LogP contribution in [-0.2, 0) is 4.79 Å². The molecule has 1 unspecified atom stereocenters. The monoisotopic (exact) mass is 206 g/mol. The summed E-state index contributed by atoms with van der Waals surface area (Å²) < 4.78 is 5.57. The lowest BCUT2D eigenvalue weighted by molar-refractivity contribution is -0.123. The molecule has 80 valence electrons. The van der Waals surface area contributed by atoms with Crippen molar-refractivity contribution in [3.8, 4) is 5.75 Å². The van der Waals surface area contributed by atoms with Crippen LogP contribution in [0.2, 0.25) is 0 Å². The summed E-state index contributed by atoms with van der Waals surface area (Å²) in [4.78, 5) is 11.6. The van der Waals surface area contributed by atoms with Gasteiger partial charge in [0, 0.05) is 11.8 Å². The van der Waals surface area contributed by atoms with Gasteiger partial charge in [0.05, 0.1) is 5.69 Å². The first-order valence-electron chi connectivity index (χ1n) is 5.07. The minimum Gasteiger partial charge on any atom is -0.478 e. The number of nitrogens with one attached hydrogen (secondary N) is 1. The summed E-state index contributed by atoms with van der Waals surface area (Å²) in [5.74, 6) is 0.585. The number of ether oxygens (including phenoxy) is 1. The van der Waals surface area contributed by atoms with Gasteiger partial charge < -0.3 is 15.8 Å². The number of anilines is 2. The summed E-state index contributed by atoms with van der Waals surface area (Å²) >= 11 is 0. The number of carbonyl (C=O) groups is 1. The van der Waals surface area contributed by atoms with E-state index in [1.807, 2.05) is 6.92 Å². The SMILES string of the molecule is CCCC1Oc2cc(N)ccc2NC1=O. The number of rotatable bonds is 2. The summed E-state index contributed by atoms with van der Waals surface area (Å²) in [6, 6.07) is 5.23. The van der Waals surface area contributed by atoms with Gasteiger partial charge in [0.15, 0.2) is 6.10 Å². The zero-order valence-corrected chi connectivity index (χ0v) is 8.62. The van der Waals surface area contributed by atoms with E-state index in [0.717, 1.165) is 12.8 Å². The lowest BCUT2D eigenvalue weighted by Gasteiger charge is -2.25. The standard InChI is InChI=1S/C11H14N2O2/c1-2-3-9-11(14)13-8-5-4-7(12)6-10(8)15-9/h4-6,9H,2-3,12H2,1H3,(H,13,14). The normalized spacial score (nSPS) is 19.0. The maximum Gasteiger partial charge on any atom is 0.265 e. The Morgan fingerprint density at radius 3 is 3.07 bits per heavy atom. The van der Waals surface area contributed by atoms with E-state index in [2.05, 4.69) is 5.32 Å². The third-order valence-corrected chi connectivity index (χ3v) is 2.38. The van der Waals surface area contributed by atoms with Gasteiger partial charge in [0.25, 0.3) is 5.91 Å². The molecular formula is C11H14N2O2. The van der Waals surface area contributed by atoms with E-state index in [9.17, 15) is 4.79 Å². The Morgan fingerprint density at radius 2 is 2.33 bits per heavy atom. The third-order valence-electron chi connectivity index (χ3n) is 2.38. The fraction of sp³-hybridized carbons (Fsp3) is 0.364. The van der Waals surface area contributed by atoms with E-state index in [1.165, 1.54) is 0 Å². The number of nitrogen functional groups attached to an aromatic ring is 1. The molecule has 0 aromatic heterocycles. The smallest absolute Gasteiger partial charge is 0.265 e. The second-order valence-corrected chi connectivity index (χ2v) is 3.64. The van der Waals surface area contributed by atoms with Crippen molar-refractivity contribution < 1.29 is 9.53 Å². The van der Waals surface area contributed by atoms with Crippen LogP contribution < -0.4 is 15.8 Å². The predicted octanol–water partition coefficient (Wildman–Crippen LogP) is 1.77. The number of carbonyl (C=O) groups excluding carboxylic acids is 1. The van der Waals surface area contributed by atoms with Crippen LogP contribution in [0.25, 0.3) is 0 Å². The van der Waals surface area contributed by atoms with E-state index < -0.39 is 0 Å². The number of hydrogen-bond acceptors (Lipinski definition) is 3. The Balaban J connectivity index is 2.26. The fourth-order valence-corrected chi connectivity index (χ4v) is 1.61. The first kappa shape index (κ1) is 9.83. The largest absolute Gasteiger partial charge is 0.478 e. The third kappa shape index (κ3) is 1.88. The molecule has 1 amide bonds. The van der Waals surface area contributed by atoms with Gasteiger partial charge in [0.1, 0.15) is 5.75 Å². The van der Waals surface area contributed by atoms with Gasteiger partial charge >= 0.3 is 0 Å². The van der Waals surface area contributed by atoms with Crippen molar-refractivity contribution in [3.05, 3.63) is 18.2 Å². The summed E-state index contributed by atoms with van der Waals surface area (Å²) in [5, 5.41) is 2.80. The maximum atomic E-state index is 11.6. The van der Waals surface area contributed by atoms with E-state index >= 15 is 0 Å². The molecule has 0 radical (unpaired) electrons. The van der Waals surface area contributed by atoms with Crippen LogP contribution in [0.4, 0.5) is 11.4 Å². The first-order chi connectivity index (χ1) is 7.20. The molecule has 1 atom stereocenters. The molecule has 4 nitrogen and oxygen atoms in total. The summed E-state index contributed by atoms with van der Waals surface area (Å²) in [5.41, 5.74) is 6.98. The Kier molecular flexibility index (Phi) is 2.49. The van der Waals surface area contributed by atoms with Gasteiger partial charge in [0.2, 0.25) is 0 Å². The fourth-order valence-electron chi connectivity index (χ4n) is 1.61. The van der Waals surface area contributed by atoms with Crippen molar-refractivity contribution in [2.24, 2.45) is 0 Å². The molecular weight excluding hydrogens is 192 g/mol. The molecule has 2 rings (SSSR count). The minimum absolute atomic E-state index is 0.0749. The van der Waals surface area contributed by atoms with Crippen molar-refractivity contribution in [2.45, 2.75) is 25.9 Å².